The lowest BCUT2D eigenvalue weighted by molar-refractivity contribution is 0.174. The number of halogens is 2. The molecule has 3 rings (SSSR count). The molecular weight excluding hydrogens is 357 g/mol. The van der Waals surface area contributed by atoms with Crippen LogP contribution in [0.2, 0.25) is 10.0 Å². The van der Waals surface area contributed by atoms with Crippen LogP contribution in [-0.4, -0.2) is 18.1 Å². The molecule has 0 atom stereocenters. The maximum atomic E-state index is 6.06. The average Bonchev–Trinajstić information content (AvgIpc) is 2.98. The van der Waals surface area contributed by atoms with E-state index in [9.17, 15) is 0 Å². The van der Waals surface area contributed by atoms with Gasteiger partial charge in [0.25, 0.3) is 0 Å². The third-order valence-electron chi connectivity index (χ3n) is 2.96. The minimum absolute atomic E-state index is 0.240. The number of thiocarbonyl (C=S) groups is 1. The molecule has 1 heterocycles. The van der Waals surface area contributed by atoms with Crippen molar-refractivity contribution in [1.82, 2.24) is 5.43 Å². The maximum absolute atomic E-state index is 6.06. The highest BCUT2D eigenvalue weighted by atomic mass is 35.5. The normalized spacial score (nSPS) is 12.4. The number of hydrazone groups is 1. The van der Waals surface area contributed by atoms with Gasteiger partial charge in [0.2, 0.25) is 6.79 Å². The summed E-state index contributed by atoms with van der Waals surface area (Å²) in [5.41, 5.74) is 4.22. The monoisotopic (exact) mass is 367 g/mol. The van der Waals surface area contributed by atoms with Crippen LogP contribution in [0.5, 0.6) is 11.5 Å². The van der Waals surface area contributed by atoms with Gasteiger partial charge in [0.05, 0.1) is 16.9 Å². The number of nitrogens with one attached hydrogen (secondary N) is 2. The minimum Gasteiger partial charge on any atom is -0.454 e. The Balaban J connectivity index is 1.58. The topological polar surface area (TPSA) is 54.9 Å². The van der Waals surface area contributed by atoms with Crippen molar-refractivity contribution in [1.29, 1.82) is 0 Å². The van der Waals surface area contributed by atoms with Crippen LogP contribution in [0.1, 0.15) is 5.56 Å². The molecular formula is C15H11Cl2N3O2S. The first kappa shape index (κ1) is 15.9. The third-order valence-corrected chi connectivity index (χ3v) is 3.70. The number of fused-ring (bicyclic) bond motifs is 1. The summed E-state index contributed by atoms with van der Waals surface area (Å²) in [6.45, 7) is 0.240. The summed E-state index contributed by atoms with van der Waals surface area (Å²) in [6, 6.07) is 10.6. The van der Waals surface area contributed by atoms with Crippen LogP contribution in [-0.2, 0) is 0 Å². The summed E-state index contributed by atoms with van der Waals surface area (Å²) in [5.74, 6) is 1.42. The van der Waals surface area contributed by atoms with E-state index in [2.05, 4.69) is 15.8 Å². The first-order valence-corrected chi connectivity index (χ1v) is 7.73. The van der Waals surface area contributed by atoms with Gasteiger partial charge < -0.3 is 14.8 Å². The summed E-state index contributed by atoms with van der Waals surface area (Å²) in [5, 5.41) is 8.34. The van der Waals surface area contributed by atoms with E-state index in [4.69, 9.17) is 44.9 Å². The van der Waals surface area contributed by atoms with Gasteiger partial charge in [0.15, 0.2) is 16.6 Å². The standard InChI is InChI=1S/C15H11Cl2N3O2S/c16-10-2-3-12(11(17)6-10)19-15(23)20-18-7-9-1-4-13-14(5-9)22-8-21-13/h1-7H,8H2,(H2,19,20,23)/b18-7-. The van der Waals surface area contributed by atoms with Gasteiger partial charge in [0.1, 0.15) is 0 Å². The highest BCUT2D eigenvalue weighted by molar-refractivity contribution is 7.80. The molecule has 0 unspecified atom stereocenters. The predicted octanol–water partition coefficient (Wildman–Crippen LogP) is 4.04. The molecule has 0 radical (unpaired) electrons. The highest BCUT2D eigenvalue weighted by Crippen LogP contribution is 2.32. The Labute approximate surface area is 148 Å². The minimum atomic E-state index is 0.240. The molecule has 0 saturated heterocycles. The summed E-state index contributed by atoms with van der Waals surface area (Å²) in [4.78, 5) is 0. The van der Waals surface area contributed by atoms with Crippen molar-refractivity contribution in [2.24, 2.45) is 5.10 Å². The predicted molar refractivity (Wildman–Crippen MR) is 96.0 cm³/mol. The molecule has 2 aromatic carbocycles. The van der Waals surface area contributed by atoms with E-state index in [0.29, 0.717) is 26.6 Å². The van der Waals surface area contributed by atoms with Gasteiger partial charge in [-0.1, -0.05) is 23.2 Å². The fraction of sp³-hybridized carbons (Fsp3) is 0.0667. The Morgan fingerprint density at radius 1 is 1.13 bits per heavy atom. The van der Waals surface area contributed by atoms with E-state index < -0.39 is 0 Å². The quantitative estimate of drug-likeness (QED) is 0.487. The van der Waals surface area contributed by atoms with Crippen LogP contribution in [0.4, 0.5) is 5.69 Å². The van der Waals surface area contributed by atoms with E-state index >= 15 is 0 Å². The lowest BCUT2D eigenvalue weighted by atomic mass is 10.2. The number of hydrogen-bond donors (Lipinski definition) is 2. The number of anilines is 1. The molecule has 8 heteroatoms. The Hall–Kier alpha value is -2.02. The SMILES string of the molecule is S=C(N/N=C\c1ccc2c(c1)OCO2)Nc1ccc(Cl)cc1Cl. The second-order valence-corrected chi connectivity index (χ2v) is 5.81. The van der Waals surface area contributed by atoms with E-state index in [1.165, 1.54) is 0 Å². The van der Waals surface area contributed by atoms with Gasteiger partial charge in [-0.2, -0.15) is 5.10 Å². The molecule has 0 fully saturated rings. The Kier molecular flexibility index (Phi) is 4.85. The molecule has 0 bridgehead atoms. The molecule has 0 spiro atoms. The van der Waals surface area contributed by atoms with Crippen molar-refractivity contribution in [3.05, 3.63) is 52.0 Å². The Bertz CT molecular complexity index is 783. The van der Waals surface area contributed by atoms with Gasteiger partial charge >= 0.3 is 0 Å². The zero-order valence-electron chi connectivity index (χ0n) is 11.7. The molecule has 0 aliphatic carbocycles. The second kappa shape index (κ2) is 7.04. The molecule has 118 valence electrons. The van der Waals surface area contributed by atoms with Crippen molar-refractivity contribution in [3.8, 4) is 11.5 Å². The average molecular weight is 368 g/mol. The van der Waals surface area contributed by atoms with E-state index in [1.807, 2.05) is 18.2 Å². The van der Waals surface area contributed by atoms with Crippen molar-refractivity contribution in [2.75, 3.05) is 12.1 Å². The summed E-state index contributed by atoms with van der Waals surface area (Å²) < 4.78 is 10.5. The smallest absolute Gasteiger partial charge is 0.231 e. The van der Waals surface area contributed by atoms with Crippen molar-refractivity contribution in [2.45, 2.75) is 0 Å². The Morgan fingerprint density at radius 2 is 1.96 bits per heavy atom. The second-order valence-electron chi connectivity index (χ2n) is 4.56. The zero-order valence-corrected chi connectivity index (χ0v) is 14.0. The van der Waals surface area contributed by atoms with Gasteiger partial charge in [-0.25, -0.2) is 0 Å². The van der Waals surface area contributed by atoms with Gasteiger partial charge in [0, 0.05) is 5.02 Å². The number of ether oxygens (including phenoxy) is 2. The van der Waals surface area contributed by atoms with E-state index in [1.54, 1.807) is 24.4 Å². The summed E-state index contributed by atoms with van der Waals surface area (Å²) in [7, 11) is 0. The molecule has 2 aromatic rings. The van der Waals surface area contributed by atoms with E-state index in [0.717, 1.165) is 11.3 Å². The van der Waals surface area contributed by atoms with Crippen LogP contribution in [0.15, 0.2) is 41.5 Å². The fourth-order valence-electron chi connectivity index (χ4n) is 1.90. The van der Waals surface area contributed by atoms with Crippen molar-refractivity contribution in [3.63, 3.8) is 0 Å². The third kappa shape index (κ3) is 4.04. The van der Waals surface area contributed by atoms with Crippen LogP contribution < -0.4 is 20.2 Å². The molecule has 0 saturated carbocycles. The summed E-state index contributed by atoms with van der Waals surface area (Å²) in [6.07, 6.45) is 1.62. The van der Waals surface area contributed by atoms with E-state index in [-0.39, 0.29) is 6.79 Å². The van der Waals surface area contributed by atoms with Crippen molar-refractivity contribution >= 4 is 52.4 Å². The highest BCUT2D eigenvalue weighted by Gasteiger charge is 2.12. The largest absolute Gasteiger partial charge is 0.454 e. The molecule has 1 aliphatic rings. The zero-order chi connectivity index (χ0) is 16.2. The molecule has 1 aliphatic heterocycles. The fourth-order valence-corrected chi connectivity index (χ4v) is 2.52. The van der Waals surface area contributed by atoms with Crippen molar-refractivity contribution < 1.29 is 9.47 Å². The van der Waals surface area contributed by atoms with Gasteiger partial charge in [-0.05, 0) is 54.2 Å². The molecule has 5 nitrogen and oxygen atoms in total. The van der Waals surface area contributed by atoms with Crippen LogP contribution in [0.3, 0.4) is 0 Å². The van der Waals surface area contributed by atoms with Crippen LogP contribution in [0, 0.1) is 0 Å². The first-order valence-electron chi connectivity index (χ1n) is 6.56. The van der Waals surface area contributed by atoms with Gasteiger partial charge in [-0.3, -0.25) is 5.43 Å². The first-order chi connectivity index (χ1) is 11.1. The number of nitrogens with zero attached hydrogens (tertiary/aromatic N) is 1. The number of rotatable bonds is 3. The molecule has 0 amide bonds. The number of hydrogen-bond acceptors (Lipinski definition) is 4. The Morgan fingerprint density at radius 3 is 2.78 bits per heavy atom. The molecule has 2 N–H and O–H groups in total. The lowest BCUT2D eigenvalue weighted by Crippen LogP contribution is -2.24. The lowest BCUT2D eigenvalue weighted by Gasteiger charge is -2.08. The molecule has 0 aromatic heterocycles. The molecule has 23 heavy (non-hydrogen) atoms. The van der Waals surface area contributed by atoms with Crippen LogP contribution >= 0.6 is 35.4 Å². The van der Waals surface area contributed by atoms with Crippen LogP contribution in [0.25, 0.3) is 0 Å². The summed E-state index contributed by atoms with van der Waals surface area (Å²) >= 11 is 17.1. The maximum Gasteiger partial charge on any atom is 0.231 e. The van der Waals surface area contributed by atoms with Gasteiger partial charge in [-0.15, -0.1) is 0 Å². The number of benzene rings is 2.